The molecule has 0 aliphatic carbocycles. The lowest BCUT2D eigenvalue weighted by Crippen LogP contribution is -2.21. The number of hydrogen-bond acceptors (Lipinski definition) is 9. The summed E-state index contributed by atoms with van der Waals surface area (Å²) in [5.41, 5.74) is 0.0112. The number of benzene rings is 4. The standard InChI is InChI=1S/C28H20N2O9/c31-27(21-15-7-9-17-23(21)37-25(29(33)34)19-11-3-1-4-12-19)39-28(32)22-16-8-10-18-24(22)38-26(30(35)36)20-13-5-2-6-14-20/h1-18,25-26H. The molecule has 4 rings (SSSR count). The second kappa shape index (κ2) is 12.1. The summed E-state index contributed by atoms with van der Waals surface area (Å²) in [7, 11) is 0. The number of nitrogens with zero attached hydrogens (tertiary/aromatic N) is 2. The molecule has 0 bridgehead atoms. The Bertz CT molecular complexity index is 1380. The number of rotatable bonds is 10. The molecule has 0 spiro atoms. The fourth-order valence-corrected chi connectivity index (χ4v) is 3.61. The topological polar surface area (TPSA) is 148 Å². The third-order valence-corrected chi connectivity index (χ3v) is 5.43. The second-order valence-electron chi connectivity index (χ2n) is 8.00. The Kier molecular flexibility index (Phi) is 8.22. The predicted molar refractivity (Wildman–Crippen MR) is 136 cm³/mol. The molecule has 0 fully saturated rings. The molecule has 11 nitrogen and oxygen atoms in total. The summed E-state index contributed by atoms with van der Waals surface area (Å²) >= 11 is 0. The van der Waals surface area contributed by atoms with E-state index in [4.69, 9.17) is 14.2 Å². The molecule has 196 valence electrons. The van der Waals surface area contributed by atoms with Crippen molar-refractivity contribution in [1.29, 1.82) is 0 Å². The Balaban J connectivity index is 1.56. The van der Waals surface area contributed by atoms with Crippen LogP contribution in [0.25, 0.3) is 0 Å². The molecule has 2 unspecified atom stereocenters. The Hall–Kier alpha value is -5.58. The van der Waals surface area contributed by atoms with E-state index >= 15 is 0 Å². The highest BCUT2D eigenvalue weighted by atomic mass is 16.7. The van der Waals surface area contributed by atoms with Crippen LogP contribution < -0.4 is 9.47 Å². The van der Waals surface area contributed by atoms with Gasteiger partial charge in [-0.25, -0.2) is 9.59 Å². The molecule has 0 heterocycles. The summed E-state index contributed by atoms with van der Waals surface area (Å²) in [5.74, 6) is -2.64. The highest BCUT2D eigenvalue weighted by Crippen LogP contribution is 2.29. The van der Waals surface area contributed by atoms with Crippen LogP contribution >= 0.6 is 0 Å². The maximum atomic E-state index is 13.0. The van der Waals surface area contributed by atoms with Crippen molar-refractivity contribution in [2.24, 2.45) is 0 Å². The molecule has 0 radical (unpaired) electrons. The van der Waals surface area contributed by atoms with Gasteiger partial charge in [-0.15, -0.1) is 0 Å². The summed E-state index contributed by atoms with van der Waals surface area (Å²) in [5, 5.41) is 23.3. The average Bonchev–Trinajstić information content (AvgIpc) is 2.95. The van der Waals surface area contributed by atoms with Gasteiger partial charge in [-0.2, -0.15) is 0 Å². The van der Waals surface area contributed by atoms with Gasteiger partial charge in [-0.3, -0.25) is 20.2 Å². The van der Waals surface area contributed by atoms with E-state index in [0.717, 1.165) is 0 Å². The van der Waals surface area contributed by atoms with Gasteiger partial charge >= 0.3 is 24.4 Å². The largest absolute Gasteiger partial charge is 0.425 e. The van der Waals surface area contributed by atoms with E-state index in [-0.39, 0.29) is 33.8 Å². The lowest BCUT2D eigenvalue weighted by atomic mass is 10.1. The minimum Gasteiger partial charge on any atom is -0.425 e. The number of hydrogen-bond donors (Lipinski definition) is 0. The zero-order chi connectivity index (χ0) is 27.8. The van der Waals surface area contributed by atoms with Crippen molar-refractivity contribution >= 4 is 11.9 Å². The first-order valence-corrected chi connectivity index (χ1v) is 11.5. The normalized spacial score (nSPS) is 12.0. The quantitative estimate of drug-likeness (QED) is 0.0868. The molecule has 4 aromatic carbocycles. The lowest BCUT2D eigenvalue weighted by Gasteiger charge is -2.15. The highest BCUT2D eigenvalue weighted by Gasteiger charge is 2.30. The van der Waals surface area contributed by atoms with Crippen LogP contribution in [-0.2, 0) is 4.74 Å². The van der Waals surface area contributed by atoms with Gasteiger partial charge in [0.2, 0.25) is 0 Å². The van der Waals surface area contributed by atoms with Gasteiger partial charge in [0.05, 0.1) is 21.0 Å². The molecule has 0 aromatic heterocycles. The van der Waals surface area contributed by atoms with Crippen molar-refractivity contribution in [2.45, 2.75) is 12.5 Å². The second-order valence-corrected chi connectivity index (χ2v) is 8.00. The first kappa shape index (κ1) is 26.5. The van der Waals surface area contributed by atoms with Gasteiger partial charge in [-0.1, -0.05) is 60.7 Å². The first-order chi connectivity index (χ1) is 18.8. The molecule has 2 atom stereocenters. The van der Waals surface area contributed by atoms with Gasteiger partial charge in [0.25, 0.3) is 0 Å². The van der Waals surface area contributed by atoms with Gasteiger partial charge in [0.15, 0.2) is 0 Å². The molecular weight excluding hydrogens is 508 g/mol. The molecular formula is C28H20N2O9. The van der Waals surface area contributed by atoms with Crippen molar-refractivity contribution in [3.05, 3.63) is 152 Å². The molecule has 0 aliphatic heterocycles. The fourth-order valence-electron chi connectivity index (χ4n) is 3.61. The molecule has 0 amide bonds. The SMILES string of the molecule is O=C(OC(=O)c1ccccc1OC(c1ccccc1)[N+](=O)[O-])c1ccccc1OC(c1ccccc1)[N+](=O)[O-]. The van der Waals surface area contributed by atoms with Crippen molar-refractivity contribution in [3.8, 4) is 11.5 Å². The van der Waals surface area contributed by atoms with Crippen LogP contribution in [0.15, 0.2) is 109 Å². The molecule has 39 heavy (non-hydrogen) atoms. The van der Waals surface area contributed by atoms with Gasteiger partial charge in [-0.05, 0) is 48.5 Å². The van der Waals surface area contributed by atoms with E-state index in [1.807, 2.05) is 0 Å². The predicted octanol–water partition coefficient (Wildman–Crippen LogP) is 5.39. The number of carbonyl (C=O) groups is 2. The zero-order valence-electron chi connectivity index (χ0n) is 20.1. The number of ether oxygens (including phenoxy) is 3. The Morgan fingerprint density at radius 2 is 0.872 bits per heavy atom. The molecule has 11 heteroatoms. The number of carbonyl (C=O) groups excluding carboxylic acids is 2. The van der Waals surface area contributed by atoms with Crippen molar-refractivity contribution in [2.75, 3.05) is 0 Å². The van der Waals surface area contributed by atoms with Crippen LogP contribution in [-0.4, -0.2) is 21.8 Å². The Labute approximate surface area is 221 Å². The van der Waals surface area contributed by atoms with Crippen molar-refractivity contribution < 1.29 is 33.6 Å². The summed E-state index contributed by atoms with van der Waals surface area (Å²) in [6.07, 6.45) is -3.25. The van der Waals surface area contributed by atoms with Gasteiger partial charge in [0.1, 0.15) is 22.6 Å². The van der Waals surface area contributed by atoms with Crippen LogP contribution in [0.4, 0.5) is 0 Å². The third kappa shape index (κ3) is 6.41. The van der Waals surface area contributed by atoms with E-state index < -0.39 is 34.2 Å². The maximum absolute atomic E-state index is 13.0. The van der Waals surface area contributed by atoms with E-state index in [1.165, 1.54) is 72.8 Å². The van der Waals surface area contributed by atoms with E-state index in [9.17, 15) is 29.8 Å². The summed E-state index contributed by atoms with van der Waals surface area (Å²) in [4.78, 5) is 47.9. The van der Waals surface area contributed by atoms with Crippen LogP contribution in [0.5, 0.6) is 11.5 Å². The summed E-state index contributed by atoms with van der Waals surface area (Å²) < 4.78 is 16.1. The zero-order valence-corrected chi connectivity index (χ0v) is 20.1. The van der Waals surface area contributed by atoms with Crippen LogP contribution in [0.3, 0.4) is 0 Å². The molecule has 0 saturated heterocycles. The number of para-hydroxylation sites is 2. The van der Waals surface area contributed by atoms with Crippen LogP contribution in [0.2, 0.25) is 0 Å². The minimum atomic E-state index is -1.62. The molecule has 0 saturated carbocycles. The van der Waals surface area contributed by atoms with Crippen LogP contribution in [0, 0.1) is 20.2 Å². The Morgan fingerprint density at radius 1 is 0.538 bits per heavy atom. The van der Waals surface area contributed by atoms with E-state index in [0.29, 0.717) is 0 Å². The first-order valence-electron chi connectivity index (χ1n) is 11.5. The number of nitro groups is 2. The van der Waals surface area contributed by atoms with Crippen LogP contribution in [0.1, 0.15) is 44.3 Å². The lowest BCUT2D eigenvalue weighted by molar-refractivity contribution is -0.570. The van der Waals surface area contributed by atoms with E-state index in [2.05, 4.69) is 0 Å². The molecule has 0 N–H and O–H groups in total. The van der Waals surface area contributed by atoms with Crippen molar-refractivity contribution in [1.82, 2.24) is 0 Å². The number of esters is 2. The average molecular weight is 528 g/mol. The maximum Gasteiger partial charge on any atom is 0.380 e. The van der Waals surface area contributed by atoms with Gasteiger partial charge < -0.3 is 14.2 Å². The van der Waals surface area contributed by atoms with Crippen molar-refractivity contribution in [3.63, 3.8) is 0 Å². The minimum absolute atomic E-state index is 0.178. The summed E-state index contributed by atoms with van der Waals surface area (Å²) in [6, 6.07) is 27.0. The van der Waals surface area contributed by atoms with E-state index in [1.54, 1.807) is 36.4 Å². The molecule has 0 aliphatic rings. The fraction of sp³-hybridized carbons (Fsp3) is 0.0714. The Morgan fingerprint density at radius 3 is 1.23 bits per heavy atom. The summed E-state index contributed by atoms with van der Waals surface area (Å²) in [6.45, 7) is 0. The smallest absolute Gasteiger partial charge is 0.380 e. The molecule has 4 aromatic rings. The van der Waals surface area contributed by atoms with Gasteiger partial charge in [0, 0.05) is 0 Å². The third-order valence-electron chi connectivity index (χ3n) is 5.43. The highest BCUT2D eigenvalue weighted by molar-refractivity contribution is 6.04. The monoisotopic (exact) mass is 528 g/mol.